The Labute approximate surface area is 134 Å². The third kappa shape index (κ3) is 3.72. The number of nitrogens with two attached hydrogens (primary N) is 1. The molecule has 21 heavy (non-hydrogen) atoms. The van der Waals surface area contributed by atoms with Crippen molar-refractivity contribution >= 4 is 33.2 Å². The second-order valence-corrected chi connectivity index (χ2v) is 5.73. The molecule has 0 spiro atoms. The molecule has 2 aromatic rings. The average Bonchev–Trinajstić information content (AvgIpc) is 2.40. The van der Waals surface area contributed by atoms with E-state index < -0.39 is 4.92 Å². The molecule has 7 heteroatoms. The molecule has 0 aliphatic rings. The normalized spacial score (nSPS) is 12.0. The fourth-order valence-corrected chi connectivity index (χ4v) is 2.67. The van der Waals surface area contributed by atoms with Crippen molar-refractivity contribution < 1.29 is 9.66 Å². The summed E-state index contributed by atoms with van der Waals surface area (Å²) >= 11 is 9.17. The van der Waals surface area contributed by atoms with E-state index in [1.165, 1.54) is 18.2 Å². The van der Waals surface area contributed by atoms with Crippen LogP contribution in [0.2, 0.25) is 5.02 Å². The Morgan fingerprint density at radius 2 is 2.05 bits per heavy atom. The Morgan fingerprint density at radius 1 is 1.33 bits per heavy atom. The van der Waals surface area contributed by atoms with E-state index in [-0.39, 0.29) is 22.5 Å². The van der Waals surface area contributed by atoms with Crippen LogP contribution in [-0.4, -0.2) is 4.92 Å². The van der Waals surface area contributed by atoms with Crippen LogP contribution in [0.3, 0.4) is 0 Å². The summed E-state index contributed by atoms with van der Waals surface area (Å²) in [6.07, 6.45) is 0. The molecule has 0 amide bonds. The smallest absolute Gasteiger partial charge is 0.313 e. The minimum Gasteiger partial charge on any atom is -0.450 e. The maximum Gasteiger partial charge on any atom is 0.313 e. The molecular weight excluding hydrogens is 360 g/mol. The van der Waals surface area contributed by atoms with Gasteiger partial charge in [-0.25, -0.2) is 0 Å². The first-order chi connectivity index (χ1) is 9.88. The van der Waals surface area contributed by atoms with Gasteiger partial charge >= 0.3 is 5.69 Å². The van der Waals surface area contributed by atoms with Gasteiger partial charge in [-0.1, -0.05) is 33.6 Å². The highest BCUT2D eigenvalue weighted by molar-refractivity contribution is 9.10. The molecule has 2 aromatic carbocycles. The van der Waals surface area contributed by atoms with Crippen LogP contribution in [0.4, 0.5) is 5.69 Å². The molecular formula is C14H12BrClN2O3. The number of nitrogens with zero attached hydrogens (tertiary/aromatic N) is 1. The molecule has 1 unspecified atom stereocenters. The van der Waals surface area contributed by atoms with Crippen molar-refractivity contribution in [3.63, 3.8) is 0 Å². The summed E-state index contributed by atoms with van der Waals surface area (Å²) in [6.45, 7) is 1.87. The molecule has 2 N–H and O–H groups in total. The quantitative estimate of drug-likeness (QED) is 0.617. The lowest BCUT2D eigenvalue weighted by Gasteiger charge is -2.11. The molecule has 0 radical (unpaired) electrons. The van der Waals surface area contributed by atoms with Crippen LogP contribution in [0.25, 0.3) is 0 Å². The largest absolute Gasteiger partial charge is 0.450 e. The number of halogens is 2. The number of rotatable bonds is 4. The van der Waals surface area contributed by atoms with Gasteiger partial charge in [0, 0.05) is 21.6 Å². The van der Waals surface area contributed by atoms with E-state index in [4.69, 9.17) is 22.1 Å². The Morgan fingerprint density at radius 3 is 2.62 bits per heavy atom. The summed E-state index contributed by atoms with van der Waals surface area (Å²) < 4.78 is 6.35. The van der Waals surface area contributed by atoms with Crippen molar-refractivity contribution in [3.05, 3.63) is 61.6 Å². The predicted molar refractivity (Wildman–Crippen MR) is 84.9 cm³/mol. The average molecular weight is 372 g/mol. The molecule has 5 nitrogen and oxygen atoms in total. The van der Waals surface area contributed by atoms with Gasteiger partial charge < -0.3 is 10.5 Å². The molecule has 0 saturated heterocycles. The Hall–Kier alpha value is -1.63. The molecule has 110 valence electrons. The summed E-state index contributed by atoms with van der Waals surface area (Å²) in [5, 5.41) is 11.3. The zero-order chi connectivity index (χ0) is 15.6. The van der Waals surface area contributed by atoms with Crippen molar-refractivity contribution in [2.75, 3.05) is 0 Å². The monoisotopic (exact) mass is 370 g/mol. The van der Waals surface area contributed by atoms with Crippen LogP contribution in [0.1, 0.15) is 18.5 Å². The number of nitro benzene ring substituents is 1. The first-order valence-corrected chi connectivity index (χ1v) is 7.22. The summed E-state index contributed by atoms with van der Waals surface area (Å²) in [7, 11) is 0. The molecule has 2 rings (SSSR count). The lowest BCUT2D eigenvalue weighted by molar-refractivity contribution is -0.385. The van der Waals surface area contributed by atoms with Gasteiger partial charge in [-0.05, 0) is 36.8 Å². The van der Waals surface area contributed by atoms with Crippen molar-refractivity contribution in [2.45, 2.75) is 13.0 Å². The molecule has 0 aliphatic carbocycles. The SMILES string of the molecule is CC(N)c1ccc(Oc2ccc(Cl)cc2[N+](=O)[O-])cc1Br. The van der Waals surface area contributed by atoms with Crippen molar-refractivity contribution in [1.29, 1.82) is 0 Å². The lowest BCUT2D eigenvalue weighted by atomic mass is 10.1. The summed E-state index contributed by atoms with van der Waals surface area (Å²) in [5.74, 6) is 0.599. The minimum atomic E-state index is -0.535. The van der Waals surface area contributed by atoms with Gasteiger partial charge in [-0.3, -0.25) is 10.1 Å². The van der Waals surface area contributed by atoms with E-state index in [2.05, 4.69) is 15.9 Å². The van der Waals surface area contributed by atoms with Gasteiger partial charge in [0.05, 0.1) is 4.92 Å². The first kappa shape index (κ1) is 15.8. The number of hydrogen-bond acceptors (Lipinski definition) is 4. The highest BCUT2D eigenvalue weighted by atomic mass is 79.9. The maximum absolute atomic E-state index is 11.0. The first-order valence-electron chi connectivity index (χ1n) is 6.05. The van der Waals surface area contributed by atoms with Crippen molar-refractivity contribution in [3.8, 4) is 11.5 Å². The molecule has 1 atom stereocenters. The third-order valence-corrected chi connectivity index (χ3v) is 3.73. The molecule has 0 aliphatic heterocycles. The number of nitro groups is 1. The Bertz CT molecular complexity index is 692. The van der Waals surface area contributed by atoms with Gasteiger partial charge in [0.25, 0.3) is 0 Å². The molecule has 0 fully saturated rings. The van der Waals surface area contributed by atoms with E-state index in [9.17, 15) is 10.1 Å². The second-order valence-electron chi connectivity index (χ2n) is 4.44. The molecule has 0 aromatic heterocycles. The van der Waals surface area contributed by atoms with Gasteiger partial charge in [-0.2, -0.15) is 0 Å². The van der Waals surface area contributed by atoms with E-state index >= 15 is 0 Å². The highest BCUT2D eigenvalue weighted by Gasteiger charge is 2.17. The van der Waals surface area contributed by atoms with Crippen LogP contribution >= 0.6 is 27.5 Å². The van der Waals surface area contributed by atoms with Crippen LogP contribution in [0.5, 0.6) is 11.5 Å². The second kappa shape index (κ2) is 6.43. The number of ether oxygens (including phenoxy) is 1. The maximum atomic E-state index is 11.0. The summed E-state index contributed by atoms with van der Waals surface area (Å²) in [4.78, 5) is 10.5. The fraction of sp³-hybridized carbons (Fsp3) is 0.143. The fourth-order valence-electron chi connectivity index (χ4n) is 1.79. The third-order valence-electron chi connectivity index (χ3n) is 2.81. The van der Waals surface area contributed by atoms with Gasteiger partial charge in [-0.15, -0.1) is 0 Å². The van der Waals surface area contributed by atoms with Crippen LogP contribution in [0, 0.1) is 10.1 Å². The topological polar surface area (TPSA) is 78.4 Å². The highest BCUT2D eigenvalue weighted by Crippen LogP contribution is 2.35. The van der Waals surface area contributed by atoms with Crippen LogP contribution < -0.4 is 10.5 Å². The molecule has 0 heterocycles. The number of hydrogen-bond donors (Lipinski definition) is 1. The van der Waals surface area contributed by atoms with Crippen molar-refractivity contribution in [2.24, 2.45) is 5.73 Å². The zero-order valence-electron chi connectivity index (χ0n) is 11.0. The van der Waals surface area contributed by atoms with Gasteiger partial charge in [0.2, 0.25) is 5.75 Å². The van der Waals surface area contributed by atoms with E-state index in [1.807, 2.05) is 13.0 Å². The molecule has 0 saturated carbocycles. The van der Waals surface area contributed by atoms with Crippen LogP contribution in [0.15, 0.2) is 40.9 Å². The summed E-state index contributed by atoms with van der Waals surface area (Å²) in [6, 6.07) is 9.37. The van der Waals surface area contributed by atoms with E-state index in [0.717, 1.165) is 10.0 Å². The van der Waals surface area contributed by atoms with Gasteiger partial charge in [0.15, 0.2) is 0 Å². The Balaban J connectivity index is 2.35. The van der Waals surface area contributed by atoms with E-state index in [1.54, 1.807) is 12.1 Å². The van der Waals surface area contributed by atoms with Gasteiger partial charge in [0.1, 0.15) is 5.75 Å². The Kier molecular flexibility index (Phi) is 4.82. The predicted octanol–water partition coefficient (Wildman–Crippen LogP) is 4.82. The van der Waals surface area contributed by atoms with Crippen LogP contribution in [-0.2, 0) is 0 Å². The standard InChI is InChI=1S/C14H12BrClN2O3/c1-8(17)11-4-3-10(7-12(11)15)21-14-5-2-9(16)6-13(14)18(19)20/h2-8H,17H2,1H3. The summed E-state index contributed by atoms with van der Waals surface area (Å²) in [5.41, 5.74) is 6.56. The minimum absolute atomic E-state index is 0.127. The number of benzene rings is 2. The van der Waals surface area contributed by atoms with Crippen molar-refractivity contribution in [1.82, 2.24) is 0 Å². The van der Waals surface area contributed by atoms with E-state index in [0.29, 0.717) is 5.75 Å². The lowest BCUT2D eigenvalue weighted by Crippen LogP contribution is -2.05. The molecule has 0 bridgehead atoms. The zero-order valence-corrected chi connectivity index (χ0v) is 13.4.